The highest BCUT2D eigenvalue weighted by Gasteiger charge is 2.28. The lowest BCUT2D eigenvalue weighted by molar-refractivity contribution is -0.180. The lowest BCUT2D eigenvalue weighted by atomic mass is 10.0. The number of carbonyl (C=O) groups is 1. The molecular formula is C37H50N2O7. The highest BCUT2D eigenvalue weighted by Crippen LogP contribution is 2.33. The van der Waals surface area contributed by atoms with E-state index in [9.17, 15) is 9.90 Å². The van der Waals surface area contributed by atoms with Gasteiger partial charge in [-0.15, -0.1) is 0 Å². The SMILES string of the molecule is CN(C)c1cccc(COCCOCCCCCCN(C[C@H](O)c2ccc3c(c2)COC(C)(C)O3)C(=O)OCc2ccccc2)c1. The molecule has 0 unspecified atom stereocenters. The van der Waals surface area contributed by atoms with Crippen LogP contribution in [0.1, 0.15) is 67.9 Å². The summed E-state index contributed by atoms with van der Waals surface area (Å²) in [5.41, 5.74) is 4.79. The lowest BCUT2D eigenvalue weighted by Crippen LogP contribution is -2.36. The molecule has 0 radical (unpaired) electrons. The molecule has 9 heteroatoms. The molecule has 46 heavy (non-hydrogen) atoms. The van der Waals surface area contributed by atoms with E-state index in [1.165, 1.54) is 0 Å². The predicted octanol–water partition coefficient (Wildman–Crippen LogP) is 6.86. The first-order chi connectivity index (χ1) is 22.2. The van der Waals surface area contributed by atoms with Gasteiger partial charge >= 0.3 is 6.09 Å². The molecule has 1 aliphatic heterocycles. The van der Waals surface area contributed by atoms with E-state index in [0.29, 0.717) is 45.1 Å². The van der Waals surface area contributed by atoms with Crippen molar-refractivity contribution in [3.63, 3.8) is 0 Å². The maximum atomic E-state index is 13.1. The molecule has 1 heterocycles. The van der Waals surface area contributed by atoms with E-state index in [2.05, 4.69) is 23.1 Å². The van der Waals surface area contributed by atoms with Gasteiger partial charge in [0.15, 0.2) is 0 Å². The molecule has 1 atom stereocenters. The second-order valence-corrected chi connectivity index (χ2v) is 12.3. The van der Waals surface area contributed by atoms with Crippen LogP contribution in [0.15, 0.2) is 72.8 Å². The summed E-state index contributed by atoms with van der Waals surface area (Å²) in [7, 11) is 4.05. The van der Waals surface area contributed by atoms with Crippen LogP contribution < -0.4 is 9.64 Å². The molecular weight excluding hydrogens is 584 g/mol. The zero-order valence-electron chi connectivity index (χ0n) is 27.8. The summed E-state index contributed by atoms with van der Waals surface area (Å²) in [6, 6.07) is 23.5. The minimum atomic E-state index is -0.878. The number of fused-ring (bicyclic) bond motifs is 1. The molecule has 0 saturated heterocycles. The normalized spacial score (nSPS) is 14.2. The largest absolute Gasteiger partial charge is 0.463 e. The molecule has 3 aromatic carbocycles. The van der Waals surface area contributed by atoms with Gasteiger partial charge in [-0.2, -0.15) is 0 Å². The van der Waals surface area contributed by atoms with Crippen molar-refractivity contribution in [1.29, 1.82) is 0 Å². The van der Waals surface area contributed by atoms with Crippen molar-refractivity contribution in [2.45, 2.75) is 71.2 Å². The number of rotatable bonds is 18. The van der Waals surface area contributed by atoms with Crippen LogP contribution in [0.2, 0.25) is 0 Å². The van der Waals surface area contributed by atoms with Gasteiger partial charge in [-0.1, -0.05) is 61.4 Å². The molecule has 0 spiro atoms. The number of aliphatic hydroxyl groups is 1. The molecule has 250 valence electrons. The van der Waals surface area contributed by atoms with Gasteiger partial charge in [-0.05, 0) is 53.8 Å². The molecule has 0 aliphatic carbocycles. The van der Waals surface area contributed by atoms with E-state index in [0.717, 1.165) is 53.8 Å². The Balaban J connectivity index is 1.17. The van der Waals surface area contributed by atoms with Gasteiger partial charge in [0.25, 0.3) is 0 Å². The molecule has 0 bridgehead atoms. The zero-order valence-corrected chi connectivity index (χ0v) is 27.8. The van der Waals surface area contributed by atoms with Crippen LogP contribution >= 0.6 is 0 Å². The monoisotopic (exact) mass is 634 g/mol. The summed E-state index contributed by atoms with van der Waals surface area (Å²) in [6.07, 6.45) is 2.33. The van der Waals surface area contributed by atoms with Gasteiger partial charge in [0.05, 0.1) is 39.1 Å². The average Bonchev–Trinajstić information content (AvgIpc) is 3.05. The third-order valence-electron chi connectivity index (χ3n) is 7.79. The molecule has 1 N–H and O–H groups in total. The Hall–Kier alpha value is -3.63. The smallest absolute Gasteiger partial charge is 0.410 e. The molecule has 4 rings (SSSR count). The fraction of sp³-hybridized carbons (Fsp3) is 0.486. The summed E-state index contributed by atoms with van der Waals surface area (Å²) < 4.78 is 28.8. The Bertz CT molecular complexity index is 1350. The Morgan fingerprint density at radius 2 is 1.63 bits per heavy atom. The molecule has 3 aromatic rings. The number of hydrogen-bond acceptors (Lipinski definition) is 8. The first-order valence-electron chi connectivity index (χ1n) is 16.2. The topological polar surface area (TPSA) is 89.9 Å². The van der Waals surface area contributed by atoms with Crippen molar-refractivity contribution in [3.05, 3.63) is 95.1 Å². The van der Waals surface area contributed by atoms with Crippen molar-refractivity contribution < 1.29 is 33.6 Å². The molecule has 1 aliphatic rings. The van der Waals surface area contributed by atoms with E-state index in [-0.39, 0.29) is 13.2 Å². The van der Waals surface area contributed by atoms with Gasteiger partial charge in [0.2, 0.25) is 5.79 Å². The number of amides is 1. The summed E-state index contributed by atoms with van der Waals surface area (Å²) in [4.78, 5) is 16.8. The van der Waals surface area contributed by atoms with Gasteiger partial charge in [-0.25, -0.2) is 4.79 Å². The maximum Gasteiger partial charge on any atom is 0.410 e. The Morgan fingerprint density at radius 1 is 0.870 bits per heavy atom. The van der Waals surface area contributed by atoms with Gasteiger partial charge in [-0.3, -0.25) is 0 Å². The molecule has 1 amide bonds. The van der Waals surface area contributed by atoms with Crippen LogP contribution in [-0.2, 0) is 38.8 Å². The fourth-order valence-corrected chi connectivity index (χ4v) is 5.14. The fourth-order valence-electron chi connectivity index (χ4n) is 5.14. The third kappa shape index (κ3) is 11.6. The molecule has 0 saturated carbocycles. The van der Waals surface area contributed by atoms with E-state index in [4.69, 9.17) is 23.7 Å². The zero-order chi connectivity index (χ0) is 32.8. The Kier molecular flexibility index (Phi) is 13.7. The number of hydrogen-bond donors (Lipinski definition) is 1. The van der Waals surface area contributed by atoms with Crippen LogP contribution in [0.4, 0.5) is 10.5 Å². The van der Waals surface area contributed by atoms with Gasteiger partial charge in [0, 0.05) is 52.3 Å². The number of aliphatic hydroxyl groups excluding tert-OH is 1. The quantitative estimate of drug-likeness (QED) is 0.152. The average molecular weight is 635 g/mol. The second-order valence-electron chi connectivity index (χ2n) is 12.3. The number of unbranched alkanes of at least 4 members (excludes halogenated alkanes) is 3. The third-order valence-corrected chi connectivity index (χ3v) is 7.79. The minimum absolute atomic E-state index is 0.127. The summed E-state index contributed by atoms with van der Waals surface area (Å²) in [5.74, 6) is 0.0561. The molecule has 9 nitrogen and oxygen atoms in total. The van der Waals surface area contributed by atoms with Crippen molar-refractivity contribution >= 4 is 11.8 Å². The van der Waals surface area contributed by atoms with E-state index in [1.54, 1.807) is 4.90 Å². The van der Waals surface area contributed by atoms with Crippen LogP contribution in [0, 0.1) is 0 Å². The number of ether oxygens (including phenoxy) is 5. The minimum Gasteiger partial charge on any atom is -0.463 e. The first-order valence-corrected chi connectivity index (χ1v) is 16.2. The highest BCUT2D eigenvalue weighted by molar-refractivity contribution is 5.67. The maximum absolute atomic E-state index is 13.1. The Labute approximate surface area is 274 Å². The van der Waals surface area contributed by atoms with Crippen LogP contribution in [0.3, 0.4) is 0 Å². The van der Waals surface area contributed by atoms with Crippen LogP contribution in [0.5, 0.6) is 5.75 Å². The van der Waals surface area contributed by atoms with Crippen LogP contribution in [0.25, 0.3) is 0 Å². The van der Waals surface area contributed by atoms with Gasteiger partial charge < -0.3 is 38.6 Å². The molecule has 0 fully saturated rings. The summed E-state index contributed by atoms with van der Waals surface area (Å²) >= 11 is 0. The number of nitrogens with zero attached hydrogens (tertiary/aromatic N) is 2. The predicted molar refractivity (Wildman–Crippen MR) is 179 cm³/mol. The summed E-state index contributed by atoms with van der Waals surface area (Å²) in [5, 5.41) is 11.1. The first kappa shape index (κ1) is 35.2. The number of benzene rings is 3. The molecule has 0 aromatic heterocycles. The second kappa shape index (κ2) is 17.9. The van der Waals surface area contributed by atoms with E-state index < -0.39 is 18.0 Å². The standard InChI is InChI=1S/C37H50N2O7/c1-37(2)45-28-32-24-31(17-18-35(32)46-37)34(40)25-39(36(41)44-27-29-13-8-7-9-14-29)19-10-5-6-11-20-42-21-22-43-26-30-15-12-16-33(23-30)38(3)4/h7-9,12-18,23-24,34,40H,5-6,10-11,19-22,25-28H2,1-4H3/t34-/m0/s1. The number of carbonyl (C=O) groups excluding carboxylic acids is 1. The number of anilines is 1. The van der Waals surface area contributed by atoms with Crippen molar-refractivity contribution in [2.75, 3.05) is 51.9 Å². The van der Waals surface area contributed by atoms with Crippen LogP contribution in [-0.4, -0.2) is 68.9 Å². The van der Waals surface area contributed by atoms with E-state index >= 15 is 0 Å². The lowest BCUT2D eigenvalue weighted by Gasteiger charge is -2.33. The van der Waals surface area contributed by atoms with Crippen molar-refractivity contribution in [2.24, 2.45) is 0 Å². The highest BCUT2D eigenvalue weighted by atomic mass is 16.7. The van der Waals surface area contributed by atoms with Crippen molar-refractivity contribution in [1.82, 2.24) is 4.90 Å². The Morgan fingerprint density at radius 3 is 2.43 bits per heavy atom. The van der Waals surface area contributed by atoms with Crippen molar-refractivity contribution in [3.8, 4) is 5.75 Å². The van der Waals surface area contributed by atoms with Gasteiger partial charge in [0.1, 0.15) is 12.4 Å². The summed E-state index contributed by atoms with van der Waals surface area (Å²) in [6.45, 7) is 7.28. The van der Waals surface area contributed by atoms with E-state index in [1.807, 2.05) is 82.5 Å².